The van der Waals surface area contributed by atoms with E-state index in [2.05, 4.69) is 30.1 Å². The third kappa shape index (κ3) is 3.60. The van der Waals surface area contributed by atoms with Gasteiger partial charge < -0.3 is 9.80 Å². The maximum absolute atomic E-state index is 12.8. The van der Waals surface area contributed by atoms with Gasteiger partial charge in [-0.05, 0) is 36.7 Å². The molecule has 1 fully saturated rings. The monoisotopic (exact) mass is 363 g/mol. The molecule has 4 rings (SSSR count). The molecule has 0 N–H and O–H groups in total. The molecule has 3 amide bonds. The minimum absolute atomic E-state index is 0.0415. The molecule has 2 aromatic carbocycles. The largest absolute Gasteiger partial charge is 0.327 e. The first-order chi connectivity index (χ1) is 13.1. The lowest BCUT2D eigenvalue weighted by Gasteiger charge is -2.28. The van der Waals surface area contributed by atoms with Crippen molar-refractivity contribution in [2.24, 2.45) is 0 Å². The summed E-state index contributed by atoms with van der Waals surface area (Å²) in [6.45, 7) is 2.74. The van der Waals surface area contributed by atoms with E-state index in [1.54, 1.807) is 4.90 Å². The molecular formula is C22H25N3O2. The predicted octanol–water partition coefficient (Wildman–Crippen LogP) is 2.90. The van der Waals surface area contributed by atoms with E-state index < -0.39 is 0 Å². The third-order valence-electron chi connectivity index (χ3n) is 5.49. The van der Waals surface area contributed by atoms with Crippen LogP contribution in [0.1, 0.15) is 23.1 Å². The minimum atomic E-state index is -0.325. The average Bonchev–Trinajstić information content (AvgIpc) is 2.91. The molecule has 0 radical (unpaired) electrons. The zero-order valence-electron chi connectivity index (χ0n) is 15.7. The van der Waals surface area contributed by atoms with Crippen molar-refractivity contribution < 1.29 is 9.59 Å². The van der Waals surface area contributed by atoms with Crippen LogP contribution in [0.5, 0.6) is 0 Å². The summed E-state index contributed by atoms with van der Waals surface area (Å²) in [5.41, 5.74) is 3.60. The van der Waals surface area contributed by atoms with Crippen LogP contribution in [0.15, 0.2) is 54.6 Å². The number of carbonyl (C=O) groups excluding carboxylic acids is 2. The maximum Gasteiger partial charge on any atom is 0.327 e. The number of nitrogens with zero attached hydrogens (tertiary/aromatic N) is 3. The topological polar surface area (TPSA) is 43.9 Å². The Morgan fingerprint density at radius 2 is 1.70 bits per heavy atom. The Hall–Kier alpha value is -2.66. The van der Waals surface area contributed by atoms with Gasteiger partial charge >= 0.3 is 6.03 Å². The summed E-state index contributed by atoms with van der Waals surface area (Å²) in [5, 5.41) is 0. The second-order valence-electron chi connectivity index (χ2n) is 7.47. The smallest absolute Gasteiger partial charge is 0.308 e. The van der Waals surface area contributed by atoms with Crippen molar-refractivity contribution in [1.82, 2.24) is 14.7 Å². The van der Waals surface area contributed by atoms with Crippen molar-refractivity contribution in [2.75, 3.05) is 20.1 Å². The highest BCUT2D eigenvalue weighted by molar-refractivity contribution is 6.04. The molecule has 5 nitrogen and oxygen atoms in total. The SMILES string of the molecule is CN(CCCN1C(=O)C2Cc3ccccc3CN2C1=O)Cc1ccccc1. The van der Waals surface area contributed by atoms with Crippen LogP contribution in [0.2, 0.25) is 0 Å². The fourth-order valence-corrected chi connectivity index (χ4v) is 4.05. The molecule has 0 aliphatic carbocycles. The van der Waals surface area contributed by atoms with E-state index in [1.165, 1.54) is 16.0 Å². The number of urea groups is 1. The van der Waals surface area contributed by atoms with Gasteiger partial charge in [-0.2, -0.15) is 0 Å². The predicted molar refractivity (Wildman–Crippen MR) is 104 cm³/mol. The summed E-state index contributed by atoms with van der Waals surface area (Å²) >= 11 is 0. The molecule has 5 heteroatoms. The van der Waals surface area contributed by atoms with Gasteiger partial charge in [-0.15, -0.1) is 0 Å². The molecule has 1 unspecified atom stereocenters. The Balaban J connectivity index is 1.33. The van der Waals surface area contributed by atoms with Crippen LogP contribution >= 0.6 is 0 Å². The zero-order valence-corrected chi connectivity index (χ0v) is 15.7. The van der Waals surface area contributed by atoms with Gasteiger partial charge in [0, 0.05) is 26.1 Å². The molecule has 2 aliphatic heterocycles. The van der Waals surface area contributed by atoms with E-state index in [0.29, 0.717) is 19.5 Å². The average molecular weight is 363 g/mol. The molecule has 140 valence electrons. The number of hydrogen-bond acceptors (Lipinski definition) is 3. The fraction of sp³-hybridized carbons (Fsp3) is 0.364. The van der Waals surface area contributed by atoms with Crippen LogP contribution in [0, 0.1) is 0 Å². The van der Waals surface area contributed by atoms with E-state index >= 15 is 0 Å². The minimum Gasteiger partial charge on any atom is -0.308 e. The van der Waals surface area contributed by atoms with Gasteiger partial charge in [0.1, 0.15) is 6.04 Å². The van der Waals surface area contributed by atoms with Crippen molar-refractivity contribution in [1.29, 1.82) is 0 Å². The Labute approximate surface area is 160 Å². The lowest BCUT2D eigenvalue weighted by Crippen LogP contribution is -2.39. The standard InChI is InChI=1S/C22H25N3O2/c1-23(15-17-8-3-2-4-9-17)12-7-13-24-21(26)20-14-18-10-5-6-11-19(18)16-25(20)22(24)27/h2-6,8-11,20H,7,12-16H2,1H3. The number of imide groups is 1. The number of benzene rings is 2. The first kappa shape index (κ1) is 17.7. The second-order valence-corrected chi connectivity index (χ2v) is 7.47. The summed E-state index contributed by atoms with van der Waals surface area (Å²) in [4.78, 5) is 30.9. The molecule has 2 aromatic rings. The highest BCUT2D eigenvalue weighted by Gasteiger charge is 2.46. The number of hydrogen-bond donors (Lipinski definition) is 0. The summed E-state index contributed by atoms with van der Waals surface area (Å²) < 4.78 is 0. The first-order valence-electron chi connectivity index (χ1n) is 9.55. The Morgan fingerprint density at radius 3 is 2.48 bits per heavy atom. The van der Waals surface area contributed by atoms with Crippen molar-refractivity contribution in [2.45, 2.75) is 32.0 Å². The molecule has 0 spiro atoms. The van der Waals surface area contributed by atoms with Crippen molar-refractivity contribution >= 4 is 11.9 Å². The number of carbonyl (C=O) groups is 2. The van der Waals surface area contributed by atoms with E-state index in [-0.39, 0.29) is 18.0 Å². The van der Waals surface area contributed by atoms with Gasteiger partial charge in [-0.25, -0.2) is 4.79 Å². The molecule has 1 atom stereocenters. The maximum atomic E-state index is 12.8. The molecule has 0 aromatic heterocycles. The van der Waals surface area contributed by atoms with Crippen molar-refractivity contribution in [3.05, 3.63) is 71.3 Å². The second kappa shape index (κ2) is 7.53. The zero-order chi connectivity index (χ0) is 18.8. The van der Waals surface area contributed by atoms with Gasteiger partial charge in [-0.1, -0.05) is 54.6 Å². The highest BCUT2D eigenvalue weighted by Crippen LogP contribution is 2.29. The molecule has 2 aliphatic rings. The molecule has 1 saturated heterocycles. The number of fused-ring (bicyclic) bond motifs is 2. The van der Waals surface area contributed by atoms with Gasteiger partial charge in [-0.3, -0.25) is 9.69 Å². The normalized spacial score (nSPS) is 18.8. The summed E-state index contributed by atoms with van der Waals surface area (Å²) in [5.74, 6) is -0.0415. The highest BCUT2D eigenvalue weighted by atomic mass is 16.2. The molecule has 0 saturated carbocycles. The van der Waals surface area contributed by atoms with E-state index in [4.69, 9.17) is 0 Å². The lowest BCUT2D eigenvalue weighted by atomic mass is 9.95. The Bertz CT molecular complexity index is 793. The molecule has 2 heterocycles. The van der Waals surface area contributed by atoms with Gasteiger partial charge in [0.15, 0.2) is 0 Å². The Morgan fingerprint density at radius 1 is 1.00 bits per heavy atom. The fourth-order valence-electron chi connectivity index (χ4n) is 4.05. The van der Waals surface area contributed by atoms with E-state index in [1.807, 2.05) is 36.4 Å². The lowest BCUT2D eigenvalue weighted by molar-refractivity contribution is -0.128. The first-order valence-corrected chi connectivity index (χ1v) is 9.55. The van der Waals surface area contributed by atoms with Crippen LogP contribution < -0.4 is 0 Å². The number of rotatable bonds is 6. The van der Waals surface area contributed by atoms with Crippen molar-refractivity contribution in [3.63, 3.8) is 0 Å². The summed E-state index contributed by atoms with van der Waals surface area (Å²) in [7, 11) is 2.07. The quantitative estimate of drug-likeness (QED) is 0.741. The summed E-state index contributed by atoms with van der Waals surface area (Å²) in [6.07, 6.45) is 1.42. The number of amides is 3. The van der Waals surface area contributed by atoms with Crippen LogP contribution in [-0.2, 0) is 24.3 Å². The van der Waals surface area contributed by atoms with Crippen LogP contribution in [-0.4, -0.2) is 52.8 Å². The van der Waals surface area contributed by atoms with Crippen LogP contribution in [0.4, 0.5) is 4.79 Å². The van der Waals surface area contributed by atoms with E-state index in [0.717, 1.165) is 25.1 Å². The molecular weight excluding hydrogens is 338 g/mol. The Kier molecular flexibility index (Phi) is 4.94. The third-order valence-corrected chi connectivity index (χ3v) is 5.49. The van der Waals surface area contributed by atoms with Gasteiger partial charge in [0.2, 0.25) is 0 Å². The molecule has 0 bridgehead atoms. The van der Waals surface area contributed by atoms with Crippen LogP contribution in [0.25, 0.3) is 0 Å². The van der Waals surface area contributed by atoms with Crippen LogP contribution in [0.3, 0.4) is 0 Å². The van der Waals surface area contributed by atoms with E-state index in [9.17, 15) is 9.59 Å². The van der Waals surface area contributed by atoms with Gasteiger partial charge in [0.05, 0.1) is 0 Å². The summed E-state index contributed by atoms with van der Waals surface area (Å²) in [6, 6.07) is 18.0. The van der Waals surface area contributed by atoms with Crippen molar-refractivity contribution in [3.8, 4) is 0 Å². The van der Waals surface area contributed by atoms with Gasteiger partial charge in [0.25, 0.3) is 5.91 Å². The molecule has 27 heavy (non-hydrogen) atoms.